The van der Waals surface area contributed by atoms with Crippen LogP contribution in [-0.4, -0.2) is 26.0 Å². The minimum absolute atomic E-state index is 0.166. The maximum atomic E-state index is 13.9. The summed E-state index contributed by atoms with van der Waals surface area (Å²) in [6.07, 6.45) is 3.11. The van der Waals surface area contributed by atoms with Crippen molar-refractivity contribution in [3.63, 3.8) is 0 Å². The number of halogens is 3. The van der Waals surface area contributed by atoms with Gasteiger partial charge in [0.15, 0.2) is 0 Å². The summed E-state index contributed by atoms with van der Waals surface area (Å²) in [5.74, 6) is -1.64. The Bertz CT molecular complexity index is 1260. The van der Waals surface area contributed by atoms with E-state index < -0.39 is 23.1 Å². The minimum Gasteiger partial charge on any atom is -0.487 e. The second-order valence-corrected chi connectivity index (χ2v) is 9.01. The van der Waals surface area contributed by atoms with E-state index in [4.69, 9.17) is 10.5 Å². The summed E-state index contributed by atoms with van der Waals surface area (Å²) >= 11 is 3.25. The normalized spacial score (nSPS) is 11.5. The zero-order valence-electron chi connectivity index (χ0n) is 18.9. The summed E-state index contributed by atoms with van der Waals surface area (Å²) in [7, 11) is 0. The highest BCUT2D eigenvalue weighted by molar-refractivity contribution is 9.10. The number of carbonyl (C=O) groups excluding carboxylic acids is 1. The lowest BCUT2D eigenvalue weighted by atomic mass is 10.1. The fourth-order valence-electron chi connectivity index (χ4n) is 2.93. The van der Waals surface area contributed by atoms with Crippen molar-refractivity contribution >= 4 is 21.8 Å². The maximum absolute atomic E-state index is 13.9. The average molecular weight is 536 g/mol. The number of aromatic nitrogens is 3. The Hall–Kier alpha value is -3.18. The van der Waals surface area contributed by atoms with Crippen LogP contribution in [0.15, 0.2) is 45.9 Å². The number of primary amides is 1. The predicted octanol–water partition coefficient (Wildman–Crippen LogP) is 2.97. The molecule has 0 aliphatic heterocycles. The first-order valence-corrected chi connectivity index (χ1v) is 11.1. The molecule has 3 aromatic rings. The first-order chi connectivity index (χ1) is 16.0. The third-order valence-corrected chi connectivity index (χ3v) is 5.95. The molecule has 2 aromatic heterocycles. The van der Waals surface area contributed by atoms with E-state index in [1.54, 1.807) is 39.2 Å². The van der Waals surface area contributed by atoms with Crippen LogP contribution in [-0.2, 0) is 24.5 Å². The van der Waals surface area contributed by atoms with Gasteiger partial charge >= 0.3 is 0 Å². The van der Waals surface area contributed by atoms with Crippen molar-refractivity contribution in [1.29, 1.82) is 0 Å². The third kappa shape index (κ3) is 6.03. The number of hydrogen-bond acceptors (Lipinski definition) is 6. The number of ether oxygens (including phenoxy) is 1. The lowest BCUT2D eigenvalue weighted by Gasteiger charge is -2.21. The second-order valence-electron chi connectivity index (χ2n) is 8.22. The Morgan fingerprint density at radius 2 is 1.88 bits per heavy atom. The quantitative estimate of drug-likeness (QED) is 0.435. The smallest absolute Gasteiger partial charge is 0.269 e. The first-order valence-electron chi connectivity index (χ1n) is 10.3. The molecule has 0 fully saturated rings. The molecule has 0 aliphatic rings. The number of nitrogens with two attached hydrogens (primary N) is 1. The number of nitrogens with one attached hydrogen (secondary N) is 1. The van der Waals surface area contributed by atoms with Gasteiger partial charge in [0.2, 0.25) is 5.91 Å². The molecule has 3 N–H and O–H groups in total. The molecular weight excluding hydrogens is 512 g/mol. The summed E-state index contributed by atoms with van der Waals surface area (Å²) in [6.45, 7) is 5.39. The molecule has 1 amide bonds. The predicted molar refractivity (Wildman–Crippen MR) is 125 cm³/mol. The van der Waals surface area contributed by atoms with Gasteiger partial charge in [0, 0.05) is 29.9 Å². The van der Waals surface area contributed by atoms with Crippen LogP contribution < -0.4 is 21.3 Å². The van der Waals surface area contributed by atoms with Crippen LogP contribution in [0.2, 0.25) is 0 Å². The van der Waals surface area contributed by atoms with E-state index in [9.17, 15) is 18.4 Å². The van der Waals surface area contributed by atoms with E-state index >= 15 is 0 Å². The van der Waals surface area contributed by atoms with Crippen molar-refractivity contribution in [2.75, 3.05) is 0 Å². The van der Waals surface area contributed by atoms with Crippen molar-refractivity contribution in [2.45, 2.75) is 46.0 Å². The van der Waals surface area contributed by atoms with Gasteiger partial charge in [0.1, 0.15) is 28.5 Å². The minimum atomic E-state index is -0.886. The second kappa shape index (κ2) is 10.4. The fourth-order valence-corrected chi connectivity index (χ4v) is 3.37. The number of aryl methyl sites for hydroxylation is 1. The summed E-state index contributed by atoms with van der Waals surface area (Å²) in [5.41, 5.74) is 6.03. The van der Waals surface area contributed by atoms with E-state index in [2.05, 4.69) is 31.2 Å². The molecule has 8 nitrogen and oxygen atoms in total. The number of hydrogen-bond donors (Lipinski definition) is 2. The van der Waals surface area contributed by atoms with Crippen molar-refractivity contribution in [3.05, 3.63) is 85.8 Å². The molecule has 0 bridgehead atoms. The molecule has 0 saturated heterocycles. The van der Waals surface area contributed by atoms with Crippen LogP contribution in [0.1, 0.15) is 36.5 Å². The number of carbonyl (C=O) groups is 1. The van der Waals surface area contributed by atoms with Gasteiger partial charge in [-0.15, -0.1) is 0 Å². The molecule has 180 valence electrons. The first kappa shape index (κ1) is 25.4. The Morgan fingerprint density at radius 1 is 1.21 bits per heavy atom. The van der Waals surface area contributed by atoms with Crippen LogP contribution in [0.3, 0.4) is 0 Å². The zero-order chi connectivity index (χ0) is 25.0. The molecule has 0 unspecified atom stereocenters. The van der Waals surface area contributed by atoms with E-state index in [0.29, 0.717) is 23.6 Å². The molecule has 3 rings (SSSR count). The van der Waals surface area contributed by atoms with Gasteiger partial charge in [-0.2, -0.15) is 0 Å². The molecule has 2 heterocycles. The third-order valence-electron chi connectivity index (χ3n) is 5.22. The topological polar surface area (TPSA) is 112 Å². The number of rotatable bonds is 9. The number of benzene rings is 1. The molecule has 0 radical (unpaired) electrons. The lowest BCUT2D eigenvalue weighted by molar-refractivity contribution is -0.123. The van der Waals surface area contributed by atoms with Crippen molar-refractivity contribution in [1.82, 2.24) is 19.9 Å². The molecule has 0 aliphatic carbocycles. The molecule has 0 saturated carbocycles. The van der Waals surface area contributed by atoms with Crippen molar-refractivity contribution in [2.24, 2.45) is 5.73 Å². The molecule has 34 heavy (non-hydrogen) atoms. The maximum Gasteiger partial charge on any atom is 0.269 e. The zero-order valence-corrected chi connectivity index (χ0v) is 20.4. The van der Waals surface area contributed by atoms with Crippen LogP contribution in [0.5, 0.6) is 5.75 Å². The van der Waals surface area contributed by atoms with Gasteiger partial charge in [-0.1, -0.05) is 0 Å². The Balaban J connectivity index is 1.71. The van der Waals surface area contributed by atoms with Gasteiger partial charge in [-0.25, -0.2) is 8.78 Å². The van der Waals surface area contributed by atoms with Gasteiger partial charge in [-0.05, 0) is 48.8 Å². The van der Waals surface area contributed by atoms with Gasteiger partial charge in [0.05, 0.1) is 35.9 Å². The van der Waals surface area contributed by atoms with Crippen LogP contribution in [0, 0.1) is 18.6 Å². The number of pyridine rings is 1. The molecule has 11 heteroatoms. The largest absolute Gasteiger partial charge is 0.487 e. The molecular formula is C23H24BrF2N5O3. The van der Waals surface area contributed by atoms with Gasteiger partial charge < -0.3 is 15.0 Å². The van der Waals surface area contributed by atoms with Crippen molar-refractivity contribution < 1.29 is 18.3 Å². The van der Waals surface area contributed by atoms with E-state index in [0.717, 1.165) is 12.1 Å². The molecule has 1 aromatic carbocycles. The fraction of sp³-hybridized carbons (Fsp3) is 0.304. The number of amides is 1. The van der Waals surface area contributed by atoms with E-state index in [1.165, 1.54) is 10.6 Å². The average Bonchev–Trinajstić information content (AvgIpc) is 2.78. The summed E-state index contributed by atoms with van der Waals surface area (Å²) in [5, 5.41) is 3.01. The highest BCUT2D eigenvalue weighted by Gasteiger charge is 2.24. The van der Waals surface area contributed by atoms with Crippen molar-refractivity contribution in [3.8, 4) is 5.75 Å². The summed E-state index contributed by atoms with van der Waals surface area (Å²) < 4.78 is 34.2. The SMILES string of the molecule is Cc1cc(OCc2ccc(F)cc2F)c(Br)c(=O)n1Cc1cnc(CNC(C)(C)C(N)=O)cn1. The summed E-state index contributed by atoms with van der Waals surface area (Å²) in [4.78, 5) is 33.0. The molecule has 0 spiro atoms. The van der Waals surface area contributed by atoms with Gasteiger partial charge in [0.25, 0.3) is 5.56 Å². The summed E-state index contributed by atoms with van der Waals surface area (Å²) in [6, 6.07) is 4.85. The van der Waals surface area contributed by atoms with Crippen LogP contribution in [0.25, 0.3) is 0 Å². The lowest BCUT2D eigenvalue weighted by Crippen LogP contribution is -2.50. The van der Waals surface area contributed by atoms with Gasteiger partial charge in [-0.3, -0.25) is 24.9 Å². The Morgan fingerprint density at radius 3 is 2.50 bits per heavy atom. The standard InChI is InChI=1S/C23H24BrF2N5O3/c1-13-6-19(34-12-14-4-5-15(25)7-18(14)26)20(24)21(32)31(13)11-17-9-28-16(8-29-17)10-30-23(2,3)22(27)33/h4-9,30H,10-12H2,1-3H3,(H2,27,33). The highest BCUT2D eigenvalue weighted by Crippen LogP contribution is 2.24. The highest BCUT2D eigenvalue weighted by atomic mass is 79.9. The van der Waals surface area contributed by atoms with Crippen LogP contribution >= 0.6 is 15.9 Å². The Labute approximate surface area is 203 Å². The Kier molecular flexibility index (Phi) is 7.78. The van der Waals surface area contributed by atoms with E-state index in [-0.39, 0.29) is 34.5 Å². The van der Waals surface area contributed by atoms with Crippen LogP contribution in [0.4, 0.5) is 8.78 Å². The molecule has 0 atom stereocenters. The monoisotopic (exact) mass is 535 g/mol. The number of nitrogens with zero attached hydrogens (tertiary/aromatic N) is 3. The van der Waals surface area contributed by atoms with E-state index in [1.807, 2.05) is 0 Å².